The van der Waals surface area contributed by atoms with Crippen molar-refractivity contribution in [1.29, 1.82) is 0 Å². The number of piperazine rings is 1. The van der Waals surface area contributed by atoms with Gasteiger partial charge in [-0.3, -0.25) is 14.4 Å². The Morgan fingerprint density at radius 2 is 1.71 bits per heavy atom. The summed E-state index contributed by atoms with van der Waals surface area (Å²) in [6.45, 7) is 4.38. The number of amides is 3. The summed E-state index contributed by atoms with van der Waals surface area (Å²) in [5, 5.41) is 2.99. The first-order valence-corrected chi connectivity index (χ1v) is 9.95. The van der Waals surface area contributed by atoms with Gasteiger partial charge in [-0.2, -0.15) is 0 Å². The lowest BCUT2D eigenvalue weighted by Gasteiger charge is -2.36. The van der Waals surface area contributed by atoms with Crippen LogP contribution in [0.3, 0.4) is 0 Å². The van der Waals surface area contributed by atoms with E-state index in [-0.39, 0.29) is 23.7 Å². The fourth-order valence-corrected chi connectivity index (χ4v) is 4.06. The number of carbonyl (C=O) groups is 3. The third-order valence-electron chi connectivity index (χ3n) is 5.84. The minimum Gasteiger partial charge on any atom is -0.495 e. The molecule has 2 fully saturated rings. The van der Waals surface area contributed by atoms with Crippen molar-refractivity contribution in [3.63, 3.8) is 0 Å². The highest BCUT2D eigenvalue weighted by Crippen LogP contribution is 2.32. The summed E-state index contributed by atoms with van der Waals surface area (Å²) in [7, 11) is 1.59. The molecule has 1 heterocycles. The normalized spacial score (nSPS) is 22.5. The van der Waals surface area contributed by atoms with Crippen LogP contribution in [-0.4, -0.2) is 61.3 Å². The second-order valence-corrected chi connectivity index (χ2v) is 7.71. The first-order valence-electron chi connectivity index (χ1n) is 9.95. The van der Waals surface area contributed by atoms with Gasteiger partial charge in [0.05, 0.1) is 12.8 Å². The second kappa shape index (κ2) is 9.08. The maximum atomic E-state index is 12.7. The van der Waals surface area contributed by atoms with Crippen molar-refractivity contribution >= 4 is 23.9 Å². The Bertz CT molecular complexity index is 720. The number of carbonyl (C=O) groups excluding carboxylic acids is 3. The van der Waals surface area contributed by atoms with Gasteiger partial charge in [0.25, 0.3) is 0 Å². The van der Waals surface area contributed by atoms with E-state index in [4.69, 9.17) is 4.74 Å². The number of nitrogens with zero attached hydrogens (tertiary/aromatic N) is 2. The number of methoxy groups -OCH3 is 1. The molecule has 1 N–H and O–H groups in total. The lowest BCUT2D eigenvalue weighted by atomic mass is 9.80. The third-order valence-corrected chi connectivity index (χ3v) is 5.84. The second-order valence-electron chi connectivity index (χ2n) is 7.71. The smallest absolute Gasteiger partial charge is 0.227 e. The van der Waals surface area contributed by atoms with Crippen LogP contribution in [0.2, 0.25) is 0 Å². The molecule has 1 aromatic rings. The van der Waals surface area contributed by atoms with E-state index < -0.39 is 0 Å². The fourth-order valence-electron chi connectivity index (χ4n) is 4.06. The lowest BCUT2D eigenvalue weighted by molar-refractivity contribution is -0.140. The highest BCUT2D eigenvalue weighted by Gasteiger charge is 2.33. The molecule has 0 aromatic heterocycles. The first-order chi connectivity index (χ1) is 13.5. The molecule has 1 aliphatic heterocycles. The number of nitrogens with one attached hydrogen (secondary N) is 1. The minimum atomic E-state index is -0.0822. The Hall–Kier alpha value is -2.57. The highest BCUT2D eigenvalue weighted by molar-refractivity contribution is 5.94. The van der Waals surface area contributed by atoms with Crippen LogP contribution >= 0.6 is 0 Å². The Morgan fingerprint density at radius 1 is 1.07 bits per heavy atom. The number of aryl methyl sites for hydroxylation is 1. The molecule has 0 radical (unpaired) electrons. The van der Waals surface area contributed by atoms with Gasteiger partial charge in [-0.1, -0.05) is 6.07 Å². The van der Waals surface area contributed by atoms with Gasteiger partial charge in [-0.15, -0.1) is 0 Å². The zero-order valence-electron chi connectivity index (χ0n) is 16.6. The number of benzene rings is 1. The molecule has 1 aromatic carbocycles. The van der Waals surface area contributed by atoms with Gasteiger partial charge in [-0.05, 0) is 50.3 Å². The zero-order valence-corrected chi connectivity index (χ0v) is 16.6. The van der Waals surface area contributed by atoms with Crippen LogP contribution < -0.4 is 10.1 Å². The summed E-state index contributed by atoms with van der Waals surface area (Å²) in [5.74, 6) is 0.720. The SMILES string of the molecule is COc1ccc(C)cc1NC(=O)C1CCC(C(=O)N2CCN(C=O)CC2)CC1. The molecule has 28 heavy (non-hydrogen) atoms. The largest absolute Gasteiger partial charge is 0.495 e. The van der Waals surface area contributed by atoms with Gasteiger partial charge in [-0.25, -0.2) is 0 Å². The summed E-state index contributed by atoms with van der Waals surface area (Å²) < 4.78 is 5.33. The van der Waals surface area contributed by atoms with Crippen molar-refractivity contribution in [1.82, 2.24) is 9.80 Å². The summed E-state index contributed by atoms with van der Waals surface area (Å²) in [6, 6.07) is 5.70. The van der Waals surface area contributed by atoms with Crippen LogP contribution in [0.5, 0.6) is 5.75 Å². The molecule has 3 rings (SSSR count). The fraction of sp³-hybridized carbons (Fsp3) is 0.571. The molecule has 0 unspecified atom stereocenters. The monoisotopic (exact) mass is 387 g/mol. The first kappa shape index (κ1) is 20.2. The molecule has 7 nitrogen and oxygen atoms in total. The Balaban J connectivity index is 1.51. The summed E-state index contributed by atoms with van der Waals surface area (Å²) in [5.41, 5.74) is 1.75. The number of hydrogen-bond acceptors (Lipinski definition) is 4. The number of rotatable bonds is 5. The van der Waals surface area contributed by atoms with Gasteiger partial charge in [0, 0.05) is 38.0 Å². The molecular weight excluding hydrogens is 358 g/mol. The summed E-state index contributed by atoms with van der Waals surface area (Å²) >= 11 is 0. The minimum absolute atomic E-state index is 0.00519. The van der Waals surface area contributed by atoms with Gasteiger partial charge in [0.1, 0.15) is 5.75 Å². The molecule has 1 saturated carbocycles. The average Bonchev–Trinajstić information content (AvgIpc) is 2.73. The lowest BCUT2D eigenvalue weighted by Crippen LogP contribution is -2.50. The van der Waals surface area contributed by atoms with Gasteiger partial charge in [0.2, 0.25) is 18.2 Å². The van der Waals surface area contributed by atoms with E-state index in [1.807, 2.05) is 30.0 Å². The quantitative estimate of drug-likeness (QED) is 0.785. The summed E-state index contributed by atoms with van der Waals surface area (Å²) in [4.78, 5) is 39.8. The summed E-state index contributed by atoms with van der Waals surface area (Å²) in [6.07, 6.45) is 3.73. The van der Waals surface area contributed by atoms with Crippen molar-refractivity contribution in [2.75, 3.05) is 38.6 Å². The maximum absolute atomic E-state index is 12.7. The van der Waals surface area contributed by atoms with Crippen LogP contribution in [0, 0.1) is 18.8 Å². The average molecular weight is 387 g/mol. The number of anilines is 1. The van der Waals surface area contributed by atoms with Crippen molar-refractivity contribution in [2.24, 2.45) is 11.8 Å². The maximum Gasteiger partial charge on any atom is 0.227 e. The molecule has 3 amide bonds. The van der Waals surface area contributed by atoms with E-state index >= 15 is 0 Å². The molecule has 0 bridgehead atoms. The van der Waals surface area contributed by atoms with Crippen LogP contribution in [0.4, 0.5) is 5.69 Å². The number of ether oxygens (including phenoxy) is 1. The van der Waals surface area contributed by atoms with E-state index in [1.165, 1.54) is 0 Å². The van der Waals surface area contributed by atoms with Crippen molar-refractivity contribution in [3.8, 4) is 5.75 Å². The van der Waals surface area contributed by atoms with Gasteiger partial charge >= 0.3 is 0 Å². The standard InChI is InChI=1S/C21H29N3O4/c1-15-3-8-19(28-2)18(13-15)22-20(26)16-4-6-17(7-5-16)21(27)24-11-9-23(14-25)10-12-24/h3,8,13-14,16-17H,4-7,9-12H2,1-2H3,(H,22,26). The third kappa shape index (κ3) is 4.64. The predicted octanol–water partition coefficient (Wildman–Crippen LogP) is 2.05. The van der Waals surface area contributed by atoms with Gasteiger partial charge in [0.15, 0.2) is 0 Å². The van der Waals surface area contributed by atoms with Gasteiger partial charge < -0.3 is 19.9 Å². The molecule has 0 atom stereocenters. The Kier molecular flexibility index (Phi) is 6.54. The molecule has 0 spiro atoms. The molecular formula is C21H29N3O4. The Morgan fingerprint density at radius 3 is 2.32 bits per heavy atom. The Labute approximate surface area is 166 Å². The van der Waals surface area contributed by atoms with E-state index in [0.29, 0.717) is 50.5 Å². The van der Waals surface area contributed by atoms with Crippen LogP contribution in [-0.2, 0) is 14.4 Å². The highest BCUT2D eigenvalue weighted by atomic mass is 16.5. The molecule has 152 valence electrons. The predicted molar refractivity (Wildman–Crippen MR) is 106 cm³/mol. The van der Waals surface area contributed by atoms with Crippen LogP contribution in [0.1, 0.15) is 31.2 Å². The topological polar surface area (TPSA) is 79.0 Å². The van der Waals surface area contributed by atoms with E-state index in [9.17, 15) is 14.4 Å². The zero-order chi connectivity index (χ0) is 20.1. The molecule has 1 aliphatic carbocycles. The molecule has 2 aliphatic rings. The van der Waals surface area contributed by atoms with E-state index in [0.717, 1.165) is 24.8 Å². The van der Waals surface area contributed by atoms with Crippen molar-refractivity contribution < 1.29 is 19.1 Å². The van der Waals surface area contributed by atoms with E-state index in [2.05, 4.69) is 5.32 Å². The van der Waals surface area contributed by atoms with Crippen LogP contribution in [0.25, 0.3) is 0 Å². The number of hydrogen-bond donors (Lipinski definition) is 1. The molecule has 1 saturated heterocycles. The molecule has 7 heteroatoms. The van der Waals surface area contributed by atoms with Crippen LogP contribution in [0.15, 0.2) is 18.2 Å². The van der Waals surface area contributed by atoms with Crippen molar-refractivity contribution in [2.45, 2.75) is 32.6 Å². The van der Waals surface area contributed by atoms with E-state index in [1.54, 1.807) is 12.0 Å². The van der Waals surface area contributed by atoms with Crippen molar-refractivity contribution in [3.05, 3.63) is 23.8 Å².